The molecule has 20 heavy (non-hydrogen) atoms. The highest BCUT2D eigenvalue weighted by molar-refractivity contribution is 6.31. The zero-order valence-electron chi connectivity index (χ0n) is 11.5. The number of aromatic nitrogens is 2. The van der Waals surface area contributed by atoms with Crippen LogP contribution in [0.4, 0.5) is 4.39 Å². The molecular formula is C14H17Cl2FN2O. The molecule has 1 unspecified atom stereocenters. The Balaban J connectivity index is 2.37. The van der Waals surface area contributed by atoms with Crippen molar-refractivity contribution in [2.75, 3.05) is 13.7 Å². The van der Waals surface area contributed by atoms with Gasteiger partial charge in [-0.1, -0.05) is 11.6 Å². The van der Waals surface area contributed by atoms with Crippen molar-refractivity contribution in [3.63, 3.8) is 0 Å². The van der Waals surface area contributed by atoms with Gasteiger partial charge >= 0.3 is 0 Å². The summed E-state index contributed by atoms with van der Waals surface area (Å²) in [5.74, 6) is 0.276. The van der Waals surface area contributed by atoms with Gasteiger partial charge in [0.15, 0.2) is 0 Å². The van der Waals surface area contributed by atoms with Crippen molar-refractivity contribution in [1.29, 1.82) is 0 Å². The Morgan fingerprint density at radius 3 is 2.80 bits per heavy atom. The number of fused-ring (bicyclic) bond motifs is 1. The maximum absolute atomic E-state index is 13.5. The highest BCUT2D eigenvalue weighted by Gasteiger charge is 2.16. The third-order valence-electron chi connectivity index (χ3n) is 3.16. The van der Waals surface area contributed by atoms with Crippen LogP contribution >= 0.6 is 23.2 Å². The predicted octanol–water partition coefficient (Wildman–Crippen LogP) is 4.56. The summed E-state index contributed by atoms with van der Waals surface area (Å²) in [4.78, 5) is 4.41. The molecular weight excluding hydrogens is 302 g/mol. The van der Waals surface area contributed by atoms with E-state index in [-0.39, 0.29) is 10.4 Å². The summed E-state index contributed by atoms with van der Waals surface area (Å²) in [7, 11) is 1.68. The van der Waals surface area contributed by atoms with Gasteiger partial charge in [0, 0.05) is 26.3 Å². The average Bonchev–Trinajstić information content (AvgIpc) is 2.74. The van der Waals surface area contributed by atoms with Crippen LogP contribution in [-0.2, 0) is 11.3 Å². The zero-order valence-corrected chi connectivity index (χ0v) is 13.0. The fourth-order valence-electron chi connectivity index (χ4n) is 2.19. The van der Waals surface area contributed by atoms with E-state index in [9.17, 15) is 4.39 Å². The van der Waals surface area contributed by atoms with Crippen LogP contribution in [0.25, 0.3) is 11.0 Å². The lowest BCUT2D eigenvalue weighted by Crippen LogP contribution is -2.05. The molecule has 1 heterocycles. The normalized spacial score (nSPS) is 13.1. The minimum Gasteiger partial charge on any atom is -0.385 e. The average molecular weight is 319 g/mol. The molecule has 1 aromatic heterocycles. The fourth-order valence-corrected chi connectivity index (χ4v) is 2.52. The van der Waals surface area contributed by atoms with Crippen molar-refractivity contribution in [2.24, 2.45) is 0 Å². The Morgan fingerprint density at radius 2 is 2.15 bits per heavy atom. The van der Waals surface area contributed by atoms with E-state index < -0.39 is 5.82 Å². The summed E-state index contributed by atoms with van der Waals surface area (Å²) in [6.45, 7) is 3.33. The van der Waals surface area contributed by atoms with Crippen molar-refractivity contribution < 1.29 is 9.13 Å². The number of alkyl halides is 1. The Labute approximate surface area is 127 Å². The number of imidazole rings is 1. The molecule has 3 nitrogen and oxygen atoms in total. The lowest BCUT2D eigenvalue weighted by Gasteiger charge is -2.10. The van der Waals surface area contributed by atoms with Gasteiger partial charge in [0.1, 0.15) is 11.6 Å². The molecule has 2 rings (SSSR count). The van der Waals surface area contributed by atoms with E-state index in [1.54, 1.807) is 13.2 Å². The second-order valence-electron chi connectivity index (χ2n) is 4.69. The molecule has 0 saturated heterocycles. The molecule has 0 radical (unpaired) electrons. The monoisotopic (exact) mass is 318 g/mol. The first kappa shape index (κ1) is 15.5. The third-order valence-corrected chi connectivity index (χ3v) is 3.64. The van der Waals surface area contributed by atoms with E-state index in [4.69, 9.17) is 27.9 Å². The Morgan fingerprint density at radius 1 is 1.40 bits per heavy atom. The first-order valence-corrected chi connectivity index (χ1v) is 7.34. The first-order valence-electron chi connectivity index (χ1n) is 6.52. The highest BCUT2D eigenvalue weighted by Crippen LogP contribution is 2.28. The number of methoxy groups -OCH3 is 1. The number of hydrogen-bond acceptors (Lipinski definition) is 2. The molecule has 2 aromatic rings. The SMILES string of the molecule is COCCCCn1c(C(C)Cl)nc2cc(F)c(Cl)cc21. The molecule has 1 aromatic carbocycles. The lowest BCUT2D eigenvalue weighted by molar-refractivity contribution is 0.191. The fraction of sp³-hybridized carbons (Fsp3) is 0.500. The molecule has 6 heteroatoms. The molecule has 0 fully saturated rings. The number of benzene rings is 1. The van der Waals surface area contributed by atoms with Crippen molar-refractivity contribution in [3.05, 3.63) is 28.8 Å². The minimum absolute atomic E-state index is 0.101. The van der Waals surface area contributed by atoms with Crippen LogP contribution < -0.4 is 0 Å². The van der Waals surface area contributed by atoms with Crippen LogP contribution in [0.3, 0.4) is 0 Å². The van der Waals surface area contributed by atoms with Crippen molar-refractivity contribution >= 4 is 34.2 Å². The van der Waals surface area contributed by atoms with Gasteiger partial charge < -0.3 is 9.30 Å². The molecule has 0 aliphatic heterocycles. The predicted molar refractivity (Wildman–Crippen MR) is 80.1 cm³/mol. The first-order chi connectivity index (χ1) is 9.54. The number of ether oxygens (including phenoxy) is 1. The number of halogens is 3. The number of unbranched alkanes of at least 4 members (excludes halogenated alkanes) is 1. The molecule has 0 amide bonds. The summed E-state index contributed by atoms with van der Waals surface area (Å²) in [6.07, 6.45) is 1.88. The summed E-state index contributed by atoms with van der Waals surface area (Å²) in [5, 5.41) is -0.143. The minimum atomic E-state index is -0.461. The van der Waals surface area contributed by atoms with Crippen LogP contribution in [0.15, 0.2) is 12.1 Å². The van der Waals surface area contributed by atoms with Gasteiger partial charge in [0.2, 0.25) is 0 Å². The van der Waals surface area contributed by atoms with Gasteiger partial charge in [-0.3, -0.25) is 0 Å². The summed E-state index contributed by atoms with van der Waals surface area (Å²) < 4.78 is 20.6. The summed E-state index contributed by atoms with van der Waals surface area (Å²) in [6, 6.07) is 2.96. The number of aryl methyl sites for hydroxylation is 1. The Bertz CT molecular complexity index is 598. The van der Waals surface area contributed by atoms with E-state index in [0.29, 0.717) is 12.1 Å². The topological polar surface area (TPSA) is 27.1 Å². The molecule has 0 bridgehead atoms. The van der Waals surface area contributed by atoms with Crippen LogP contribution in [0.1, 0.15) is 31.0 Å². The van der Waals surface area contributed by atoms with Gasteiger partial charge in [-0.15, -0.1) is 11.6 Å². The second-order valence-corrected chi connectivity index (χ2v) is 5.75. The second kappa shape index (κ2) is 6.74. The highest BCUT2D eigenvalue weighted by atomic mass is 35.5. The Kier molecular flexibility index (Phi) is 5.24. The maximum atomic E-state index is 13.5. The number of rotatable bonds is 6. The molecule has 0 aliphatic rings. The van der Waals surface area contributed by atoms with Gasteiger partial charge in [0.25, 0.3) is 0 Å². The third kappa shape index (κ3) is 3.25. The maximum Gasteiger partial charge on any atom is 0.144 e. The summed E-state index contributed by atoms with van der Waals surface area (Å²) >= 11 is 12.0. The van der Waals surface area contributed by atoms with Gasteiger partial charge in [0.05, 0.1) is 21.4 Å². The molecule has 0 spiro atoms. The van der Waals surface area contributed by atoms with Gasteiger partial charge in [-0.05, 0) is 25.8 Å². The van der Waals surface area contributed by atoms with E-state index in [0.717, 1.165) is 30.7 Å². The molecule has 1 atom stereocenters. The molecule has 0 saturated carbocycles. The molecule has 0 aliphatic carbocycles. The largest absolute Gasteiger partial charge is 0.385 e. The summed E-state index contributed by atoms with van der Waals surface area (Å²) in [5.41, 5.74) is 1.40. The number of nitrogens with zero attached hydrogens (tertiary/aromatic N) is 2. The quantitative estimate of drug-likeness (QED) is 0.577. The van der Waals surface area contributed by atoms with E-state index >= 15 is 0 Å². The standard InChI is InChI=1S/C14H17Cl2FN2O/c1-9(15)14-18-12-8-11(17)10(16)7-13(12)19(14)5-3-4-6-20-2/h7-9H,3-6H2,1-2H3. The van der Waals surface area contributed by atoms with Crippen LogP contribution in [0.2, 0.25) is 5.02 Å². The van der Waals surface area contributed by atoms with Crippen molar-refractivity contribution in [3.8, 4) is 0 Å². The smallest absolute Gasteiger partial charge is 0.144 e. The Hall–Kier alpha value is -0.840. The van der Waals surface area contributed by atoms with Gasteiger partial charge in [-0.25, -0.2) is 9.37 Å². The van der Waals surface area contributed by atoms with Crippen molar-refractivity contribution in [1.82, 2.24) is 9.55 Å². The van der Waals surface area contributed by atoms with E-state index in [1.165, 1.54) is 6.07 Å². The van der Waals surface area contributed by atoms with Crippen LogP contribution in [-0.4, -0.2) is 23.3 Å². The zero-order chi connectivity index (χ0) is 14.7. The van der Waals surface area contributed by atoms with Crippen LogP contribution in [0, 0.1) is 5.82 Å². The van der Waals surface area contributed by atoms with E-state index in [1.807, 2.05) is 11.5 Å². The number of hydrogen-bond donors (Lipinski definition) is 0. The van der Waals surface area contributed by atoms with Crippen LogP contribution in [0.5, 0.6) is 0 Å². The van der Waals surface area contributed by atoms with Crippen molar-refractivity contribution in [2.45, 2.75) is 31.7 Å². The lowest BCUT2D eigenvalue weighted by atomic mass is 10.2. The molecule has 0 N–H and O–H groups in total. The van der Waals surface area contributed by atoms with Gasteiger partial charge in [-0.2, -0.15) is 0 Å². The molecule has 110 valence electrons. The van der Waals surface area contributed by atoms with E-state index in [2.05, 4.69) is 4.98 Å².